The number of esters is 4. The molecule has 5 aromatic rings. The van der Waals surface area contributed by atoms with Crippen molar-refractivity contribution in [2.24, 2.45) is 11.5 Å². The minimum Gasteiger partial charge on any atom is -0.481 e. The van der Waals surface area contributed by atoms with Crippen molar-refractivity contribution in [2.45, 2.75) is 145 Å². The lowest BCUT2D eigenvalue weighted by atomic mass is 10.1. The Balaban J connectivity index is -0.000000200. The molecule has 6 amide bonds. The Labute approximate surface area is 589 Å². The van der Waals surface area contributed by atoms with Crippen molar-refractivity contribution < 1.29 is 96.6 Å². The van der Waals surface area contributed by atoms with E-state index in [-0.39, 0.29) is 41.4 Å². The van der Waals surface area contributed by atoms with E-state index >= 15 is 0 Å². The first kappa shape index (κ1) is 103. The van der Waals surface area contributed by atoms with Gasteiger partial charge in [0.05, 0.1) is 28.4 Å². The third kappa shape index (κ3) is 68.5. The normalized spacial score (nSPS) is 10.3. The number of nitrogens with two attached hydrogens (primary N) is 2. The molecule has 0 bridgehead atoms. The molecule has 0 spiro atoms. The van der Waals surface area contributed by atoms with Crippen LogP contribution >= 0.6 is 0 Å². The van der Waals surface area contributed by atoms with Crippen LogP contribution in [0.3, 0.4) is 0 Å². The van der Waals surface area contributed by atoms with E-state index < -0.39 is 66.0 Å². The van der Waals surface area contributed by atoms with Crippen molar-refractivity contribution in [3.63, 3.8) is 0 Å². The van der Waals surface area contributed by atoms with Crippen molar-refractivity contribution in [3.8, 4) is 0 Å². The molecule has 0 aliphatic carbocycles. The Morgan fingerprint density at radius 3 is 0.630 bits per heavy atom. The van der Waals surface area contributed by atoms with Crippen LogP contribution in [0.2, 0.25) is 0 Å². The zero-order valence-electron chi connectivity index (χ0n) is 61.3. The predicted octanol–water partition coefficient (Wildman–Crippen LogP) is 5.58. The van der Waals surface area contributed by atoms with Gasteiger partial charge in [-0.25, -0.2) is 19.2 Å². The van der Waals surface area contributed by atoms with Gasteiger partial charge in [-0.05, 0) is 41.3 Å². The number of nitrogens with one attached hydrogen (secondary N) is 6. The Morgan fingerprint density at radius 2 is 0.480 bits per heavy atom. The fourth-order valence-electron chi connectivity index (χ4n) is 6.69. The minimum absolute atomic E-state index is 0.00463. The summed E-state index contributed by atoms with van der Waals surface area (Å²) < 4.78 is 18.4. The maximum absolute atomic E-state index is 11.4. The summed E-state index contributed by atoms with van der Waals surface area (Å²) in [6.45, 7) is 18.5. The molecule has 13 N–H and O–H groups in total. The van der Waals surface area contributed by atoms with E-state index in [0.717, 1.165) is 41.7 Å². The van der Waals surface area contributed by atoms with Gasteiger partial charge in [-0.15, -0.1) is 0 Å². The average molecular weight is 1410 g/mol. The van der Waals surface area contributed by atoms with E-state index in [2.05, 4.69) is 56.6 Å². The van der Waals surface area contributed by atoms with Gasteiger partial charge in [0.15, 0.2) is 0 Å². The Bertz CT molecular complexity index is 2800. The standard InChI is InChI=1S/3C12H15NO3.C11H13NO3.C10H13NO2.2C3H7NO.2C2H4O2.2C2H6.CH5N/c3*1-9(14)13-11(12(15)16-2)8-10-6-4-3-5-7-10;1-8(13)12-10(11(14)15)7-9-5-3-2-4-6-9;1-13-10(12)9(11)7-8-5-3-2-4-6-8;2*1-3(5)4-2;2*1-2(3)4;3*1-2/h3*3-7,11H,8H2,1-2H3,(H,13,14);2-6,10H,7H2,1H3,(H,12,13)(H,14,15);2-6,9H,7,11H2,1H3;2*1-2H3,(H,4,5);2*1H3,(H,3,4);2*1-2H3;2H2,1H3. The Hall–Kier alpha value is -10.9. The summed E-state index contributed by atoms with van der Waals surface area (Å²) in [6, 6.07) is 43.9. The number of ether oxygens (including phenoxy) is 4. The van der Waals surface area contributed by atoms with Gasteiger partial charge in [-0.3, -0.25) is 43.2 Å². The Morgan fingerprint density at radius 1 is 0.320 bits per heavy atom. The molecule has 5 aromatic carbocycles. The number of carbonyl (C=O) groups excluding carboxylic acids is 10. The second kappa shape index (κ2) is 69.5. The number of amides is 6. The molecule has 5 unspecified atom stereocenters. The largest absolute Gasteiger partial charge is 0.481 e. The first-order valence-corrected chi connectivity index (χ1v) is 31.1. The number of rotatable bonds is 19. The fourth-order valence-corrected chi connectivity index (χ4v) is 6.69. The van der Waals surface area contributed by atoms with Gasteiger partial charge >= 0.3 is 29.8 Å². The minimum atomic E-state index is -1.02. The van der Waals surface area contributed by atoms with Crippen LogP contribution in [-0.4, -0.2) is 172 Å². The second-order valence-corrected chi connectivity index (χ2v) is 19.1. The molecule has 5 rings (SSSR count). The van der Waals surface area contributed by atoms with Crippen LogP contribution in [-0.2, 0) is 113 Å². The van der Waals surface area contributed by atoms with Gasteiger partial charge in [0.2, 0.25) is 35.4 Å². The molecular formula is C72H110N8O20. The molecule has 558 valence electrons. The number of hydrogen-bond donors (Lipinski definition) is 11. The van der Waals surface area contributed by atoms with Crippen molar-refractivity contribution in [1.29, 1.82) is 0 Å². The predicted molar refractivity (Wildman–Crippen MR) is 384 cm³/mol. The van der Waals surface area contributed by atoms with E-state index in [1.807, 2.05) is 179 Å². The van der Waals surface area contributed by atoms with Crippen LogP contribution in [0.5, 0.6) is 0 Å². The van der Waals surface area contributed by atoms with Gasteiger partial charge in [-0.2, -0.15) is 0 Å². The number of carboxylic acid groups (broad SMARTS) is 3. The SMILES string of the molecule is CC.CC.CC(=O)NC(Cc1ccccc1)C(=O)O.CC(=O)O.CC(=O)O.CN.CNC(C)=O.CNC(C)=O.COC(=O)C(Cc1ccccc1)NC(C)=O.COC(=O)C(Cc1ccccc1)NC(C)=O.COC(=O)C(Cc1ccccc1)NC(C)=O.COC(=O)C(N)Cc1ccccc1. The van der Waals surface area contributed by atoms with Crippen molar-refractivity contribution >= 4 is 77.2 Å². The molecule has 0 aliphatic heterocycles. The quantitative estimate of drug-likeness (QED) is 0.0355. The fraction of sp³-hybridized carbons (Fsp3) is 0.403. The molecule has 0 heterocycles. The Kier molecular flexibility index (Phi) is 71.3. The van der Waals surface area contributed by atoms with Gasteiger partial charge < -0.3 is 77.6 Å². The van der Waals surface area contributed by atoms with Crippen LogP contribution in [0.1, 0.15) is 111 Å². The third-order valence-electron chi connectivity index (χ3n) is 10.9. The second-order valence-electron chi connectivity index (χ2n) is 19.1. The molecule has 0 radical (unpaired) electrons. The zero-order chi connectivity index (χ0) is 78.6. The molecule has 5 atom stereocenters. The monoisotopic (exact) mass is 1410 g/mol. The lowest BCUT2D eigenvalue weighted by Gasteiger charge is -2.15. The average Bonchev–Trinajstić information content (AvgIpc) is 0.962. The number of methoxy groups -OCH3 is 4. The number of aliphatic carboxylic acids is 3. The third-order valence-corrected chi connectivity index (χ3v) is 10.9. The maximum atomic E-state index is 11.4. The highest BCUT2D eigenvalue weighted by Gasteiger charge is 2.23. The molecule has 0 fully saturated rings. The maximum Gasteiger partial charge on any atom is 0.328 e. The van der Waals surface area contributed by atoms with Gasteiger partial charge in [0, 0.05) is 95.2 Å². The summed E-state index contributed by atoms with van der Waals surface area (Å²) in [5.74, 6) is -5.41. The molecule has 28 nitrogen and oxygen atoms in total. The highest BCUT2D eigenvalue weighted by molar-refractivity contribution is 5.85. The van der Waals surface area contributed by atoms with E-state index in [9.17, 15) is 52.7 Å². The molecule has 0 aromatic heterocycles. The van der Waals surface area contributed by atoms with E-state index in [1.165, 1.54) is 77.0 Å². The molecular weight excluding hydrogens is 1300 g/mol. The van der Waals surface area contributed by atoms with Gasteiger partial charge in [-0.1, -0.05) is 179 Å². The number of hydrogen-bond acceptors (Lipinski definition) is 19. The summed E-state index contributed by atoms with van der Waals surface area (Å²) in [5, 5.41) is 38.6. The van der Waals surface area contributed by atoms with E-state index in [4.69, 9.17) is 30.6 Å². The summed E-state index contributed by atoms with van der Waals surface area (Å²) in [5.41, 5.74) is 15.0. The first-order chi connectivity index (χ1) is 47.2. The first-order valence-electron chi connectivity index (χ1n) is 31.1. The number of carbonyl (C=O) groups is 13. The zero-order valence-corrected chi connectivity index (χ0v) is 61.3. The summed E-state index contributed by atoms with van der Waals surface area (Å²) in [4.78, 5) is 137. The molecule has 0 saturated heterocycles. The molecule has 28 heteroatoms. The van der Waals surface area contributed by atoms with Gasteiger partial charge in [0.25, 0.3) is 11.9 Å². The van der Waals surface area contributed by atoms with E-state index in [1.54, 1.807) is 14.1 Å². The van der Waals surface area contributed by atoms with E-state index in [0.29, 0.717) is 32.1 Å². The van der Waals surface area contributed by atoms with Crippen LogP contribution in [0.25, 0.3) is 0 Å². The van der Waals surface area contributed by atoms with Crippen LogP contribution in [0, 0.1) is 0 Å². The van der Waals surface area contributed by atoms with Crippen LogP contribution in [0.4, 0.5) is 0 Å². The van der Waals surface area contributed by atoms with Crippen molar-refractivity contribution in [3.05, 3.63) is 179 Å². The summed E-state index contributed by atoms with van der Waals surface area (Å²) in [6.07, 6.45) is 2.14. The van der Waals surface area contributed by atoms with Crippen LogP contribution in [0.15, 0.2) is 152 Å². The molecule has 100 heavy (non-hydrogen) atoms. The topological polar surface area (TPSA) is 444 Å². The number of benzene rings is 5. The lowest BCUT2D eigenvalue weighted by molar-refractivity contribution is -0.145. The molecule has 0 saturated carbocycles. The highest BCUT2D eigenvalue weighted by atomic mass is 16.5. The lowest BCUT2D eigenvalue weighted by Crippen LogP contribution is -2.41. The van der Waals surface area contributed by atoms with Gasteiger partial charge in [0.1, 0.15) is 30.2 Å². The highest BCUT2D eigenvalue weighted by Crippen LogP contribution is 2.08. The number of carboxylic acids is 3. The summed E-state index contributed by atoms with van der Waals surface area (Å²) >= 11 is 0. The smallest absolute Gasteiger partial charge is 0.328 e. The van der Waals surface area contributed by atoms with Crippen LogP contribution < -0.4 is 43.4 Å². The van der Waals surface area contributed by atoms with Crippen molar-refractivity contribution in [1.82, 2.24) is 31.9 Å². The van der Waals surface area contributed by atoms with Crippen molar-refractivity contribution in [2.75, 3.05) is 49.6 Å². The summed E-state index contributed by atoms with van der Waals surface area (Å²) in [7, 11) is 9.96. The molecule has 0 aliphatic rings.